The van der Waals surface area contributed by atoms with Gasteiger partial charge in [-0.15, -0.1) is 0 Å². The molecule has 0 spiro atoms. The van der Waals surface area contributed by atoms with E-state index >= 15 is 0 Å². The van der Waals surface area contributed by atoms with Crippen LogP contribution in [0.15, 0.2) is 16.6 Å². The molecule has 0 saturated carbocycles. The number of hydrogen-bond donors (Lipinski definition) is 1. The highest BCUT2D eigenvalue weighted by atomic mass is 79.9. The summed E-state index contributed by atoms with van der Waals surface area (Å²) in [6.07, 6.45) is 0.350. The van der Waals surface area contributed by atoms with Crippen molar-refractivity contribution in [1.82, 2.24) is 15.1 Å². The van der Waals surface area contributed by atoms with Crippen molar-refractivity contribution in [3.63, 3.8) is 0 Å². The van der Waals surface area contributed by atoms with Gasteiger partial charge in [0.15, 0.2) is 5.82 Å². The first-order valence-electron chi connectivity index (χ1n) is 8.19. The minimum Gasteiger partial charge on any atom is -0.324 e. The maximum Gasteiger partial charge on any atom is 0.265 e. The van der Waals surface area contributed by atoms with Crippen molar-refractivity contribution in [2.24, 2.45) is 7.05 Å². The topological polar surface area (TPSA) is 33.1 Å². The number of nitrogens with zero attached hydrogens (tertiary/aromatic N) is 3. The van der Waals surface area contributed by atoms with Gasteiger partial charge in [-0.05, 0) is 30.5 Å². The lowest BCUT2D eigenvalue weighted by atomic mass is 9.98. The molecule has 2 aromatic rings. The molecule has 0 amide bonds. The third-order valence-corrected chi connectivity index (χ3v) is 5.59. The van der Waals surface area contributed by atoms with Gasteiger partial charge < -0.3 is 10.2 Å². The van der Waals surface area contributed by atoms with Crippen LogP contribution in [0.2, 0.25) is 0 Å². The SMILES string of the molecule is Cn1nc(N2CCCc3cc(Br)c(C(F)F)cc32)c2c1CCNC2. The normalized spacial score (nSPS) is 17.1. The quantitative estimate of drug-likeness (QED) is 0.836. The summed E-state index contributed by atoms with van der Waals surface area (Å²) in [5.74, 6) is 0.906. The number of aromatic nitrogens is 2. The Morgan fingerprint density at radius 2 is 2.12 bits per heavy atom. The second kappa shape index (κ2) is 6.11. The number of alkyl halides is 2. The summed E-state index contributed by atoms with van der Waals surface area (Å²) < 4.78 is 29.1. The average Bonchev–Trinajstić information content (AvgIpc) is 2.90. The molecule has 0 fully saturated rings. The van der Waals surface area contributed by atoms with E-state index in [2.05, 4.69) is 26.1 Å². The fraction of sp³-hybridized carbons (Fsp3) is 0.471. The largest absolute Gasteiger partial charge is 0.324 e. The lowest BCUT2D eigenvalue weighted by molar-refractivity contribution is 0.150. The zero-order valence-corrected chi connectivity index (χ0v) is 15.0. The highest BCUT2D eigenvalue weighted by Crippen LogP contribution is 2.40. The molecule has 24 heavy (non-hydrogen) atoms. The standard InChI is InChI=1S/C17H19BrF2N4/c1-23-14-4-5-21-9-12(14)17(22-23)24-6-2-3-10-7-13(18)11(16(19)20)8-15(10)24/h7-8,16,21H,2-6,9H2,1H3. The number of benzene rings is 1. The predicted octanol–water partition coefficient (Wildman–Crippen LogP) is 3.85. The van der Waals surface area contributed by atoms with E-state index in [9.17, 15) is 8.78 Å². The van der Waals surface area contributed by atoms with Crippen molar-refractivity contribution in [1.29, 1.82) is 0 Å². The van der Waals surface area contributed by atoms with Crippen molar-refractivity contribution < 1.29 is 8.78 Å². The molecule has 0 aliphatic carbocycles. The van der Waals surface area contributed by atoms with Gasteiger partial charge in [-0.3, -0.25) is 4.68 Å². The Labute approximate surface area is 148 Å². The lowest BCUT2D eigenvalue weighted by Gasteiger charge is -2.31. The zero-order chi connectivity index (χ0) is 16.8. The van der Waals surface area contributed by atoms with Crippen LogP contribution < -0.4 is 10.2 Å². The zero-order valence-electron chi connectivity index (χ0n) is 13.5. The van der Waals surface area contributed by atoms with Gasteiger partial charge in [-0.25, -0.2) is 8.78 Å². The molecule has 4 rings (SSSR count). The molecule has 0 unspecified atom stereocenters. The number of halogens is 3. The molecule has 2 aliphatic rings. The van der Waals surface area contributed by atoms with Crippen LogP contribution in [-0.2, 0) is 26.4 Å². The van der Waals surface area contributed by atoms with E-state index in [0.717, 1.165) is 56.0 Å². The Bertz CT molecular complexity index is 787. The molecule has 0 radical (unpaired) electrons. The Morgan fingerprint density at radius 1 is 1.29 bits per heavy atom. The second-order valence-corrected chi connectivity index (χ2v) is 7.21. The number of fused-ring (bicyclic) bond motifs is 2. The molecule has 7 heteroatoms. The number of anilines is 2. The van der Waals surface area contributed by atoms with Crippen molar-refractivity contribution >= 4 is 27.4 Å². The van der Waals surface area contributed by atoms with Crippen molar-refractivity contribution in [2.75, 3.05) is 18.0 Å². The number of nitrogens with one attached hydrogen (secondary N) is 1. The molecule has 0 bridgehead atoms. The molecule has 2 aliphatic heterocycles. The van der Waals surface area contributed by atoms with E-state index in [1.54, 1.807) is 6.07 Å². The highest BCUT2D eigenvalue weighted by Gasteiger charge is 2.28. The molecular formula is C17H19BrF2N4. The predicted molar refractivity (Wildman–Crippen MR) is 93.0 cm³/mol. The van der Waals surface area contributed by atoms with E-state index in [1.807, 2.05) is 17.8 Å². The smallest absolute Gasteiger partial charge is 0.265 e. The molecule has 128 valence electrons. The average molecular weight is 397 g/mol. The lowest BCUT2D eigenvalue weighted by Crippen LogP contribution is -2.29. The fourth-order valence-corrected chi connectivity index (χ4v) is 4.29. The maximum atomic E-state index is 13.3. The van der Waals surface area contributed by atoms with E-state index < -0.39 is 6.43 Å². The van der Waals surface area contributed by atoms with Gasteiger partial charge >= 0.3 is 0 Å². The Morgan fingerprint density at radius 3 is 2.92 bits per heavy atom. The first-order valence-corrected chi connectivity index (χ1v) is 8.99. The molecule has 3 heterocycles. The van der Waals surface area contributed by atoms with E-state index in [0.29, 0.717) is 4.47 Å². The second-order valence-electron chi connectivity index (χ2n) is 6.36. The maximum absolute atomic E-state index is 13.3. The van der Waals surface area contributed by atoms with Crippen molar-refractivity contribution in [3.8, 4) is 0 Å². The van der Waals surface area contributed by atoms with Gasteiger partial charge in [0.25, 0.3) is 6.43 Å². The summed E-state index contributed by atoms with van der Waals surface area (Å²) in [5, 5.41) is 8.10. The third kappa shape index (κ3) is 2.54. The summed E-state index contributed by atoms with van der Waals surface area (Å²) in [5.41, 5.74) is 4.44. The molecule has 1 aromatic heterocycles. The van der Waals surface area contributed by atoms with E-state index in [4.69, 9.17) is 5.10 Å². The van der Waals surface area contributed by atoms with Crippen LogP contribution in [0, 0.1) is 0 Å². The molecule has 0 saturated heterocycles. The minimum atomic E-state index is -2.49. The summed E-state index contributed by atoms with van der Waals surface area (Å²) in [4.78, 5) is 2.11. The van der Waals surface area contributed by atoms with Crippen LogP contribution in [0.25, 0.3) is 0 Å². The van der Waals surface area contributed by atoms with Gasteiger partial charge in [0, 0.05) is 60.1 Å². The minimum absolute atomic E-state index is 0.0450. The van der Waals surface area contributed by atoms with Crippen molar-refractivity contribution in [3.05, 3.63) is 39.0 Å². The van der Waals surface area contributed by atoms with Crippen molar-refractivity contribution in [2.45, 2.75) is 32.2 Å². The van der Waals surface area contributed by atoms with E-state index in [1.165, 1.54) is 11.3 Å². The van der Waals surface area contributed by atoms with E-state index in [-0.39, 0.29) is 5.56 Å². The van der Waals surface area contributed by atoms with Crippen LogP contribution in [0.1, 0.15) is 35.2 Å². The number of aryl methyl sites for hydroxylation is 2. The fourth-order valence-electron chi connectivity index (χ4n) is 3.72. The monoisotopic (exact) mass is 396 g/mol. The van der Waals surface area contributed by atoms with Gasteiger partial charge in [-0.1, -0.05) is 15.9 Å². The Hall–Kier alpha value is -1.47. The first kappa shape index (κ1) is 16.0. The third-order valence-electron chi connectivity index (χ3n) is 4.90. The van der Waals surface area contributed by atoms with Crippen LogP contribution in [-0.4, -0.2) is 22.9 Å². The summed E-state index contributed by atoms with van der Waals surface area (Å²) in [7, 11) is 1.96. The molecule has 1 N–H and O–H groups in total. The summed E-state index contributed by atoms with van der Waals surface area (Å²) in [6.45, 7) is 2.54. The molecule has 4 nitrogen and oxygen atoms in total. The van der Waals surface area contributed by atoms with Crippen LogP contribution in [0.5, 0.6) is 0 Å². The molecule has 0 atom stereocenters. The van der Waals surface area contributed by atoms with Gasteiger partial charge in [0.1, 0.15) is 0 Å². The highest BCUT2D eigenvalue weighted by molar-refractivity contribution is 9.10. The van der Waals surface area contributed by atoms with Crippen LogP contribution in [0.3, 0.4) is 0 Å². The first-order chi connectivity index (χ1) is 11.6. The summed E-state index contributed by atoms with van der Waals surface area (Å²) in [6, 6.07) is 3.47. The van der Waals surface area contributed by atoms with Gasteiger partial charge in [0.2, 0.25) is 0 Å². The van der Waals surface area contributed by atoms with Crippen LogP contribution >= 0.6 is 15.9 Å². The number of hydrogen-bond acceptors (Lipinski definition) is 3. The van der Waals surface area contributed by atoms with Gasteiger partial charge in [-0.2, -0.15) is 5.10 Å². The van der Waals surface area contributed by atoms with Crippen LogP contribution in [0.4, 0.5) is 20.3 Å². The number of rotatable bonds is 2. The molecular weight excluding hydrogens is 378 g/mol. The van der Waals surface area contributed by atoms with Gasteiger partial charge in [0.05, 0.1) is 0 Å². The Balaban J connectivity index is 1.84. The summed E-state index contributed by atoms with van der Waals surface area (Å²) >= 11 is 3.29. The Kier molecular flexibility index (Phi) is 4.08. The molecule has 1 aromatic carbocycles.